The van der Waals surface area contributed by atoms with E-state index in [0.717, 1.165) is 17.0 Å². The molecule has 0 aliphatic carbocycles. The highest BCUT2D eigenvalue weighted by Crippen LogP contribution is 2.26. The van der Waals surface area contributed by atoms with Crippen molar-refractivity contribution < 1.29 is 4.79 Å². The van der Waals surface area contributed by atoms with Gasteiger partial charge in [0, 0.05) is 4.88 Å². The van der Waals surface area contributed by atoms with Gasteiger partial charge in [0.2, 0.25) is 0 Å². The first-order chi connectivity index (χ1) is 6.99. The van der Waals surface area contributed by atoms with E-state index in [2.05, 4.69) is 11.1 Å². The smallest absolute Gasteiger partial charge is 0.149 e. The van der Waals surface area contributed by atoms with Crippen molar-refractivity contribution in [1.82, 2.24) is 4.98 Å². The molecule has 0 aliphatic rings. The van der Waals surface area contributed by atoms with Crippen LogP contribution in [0.2, 0.25) is 0 Å². The zero-order valence-corrected chi connectivity index (χ0v) is 10.0. The fraction of sp³-hybridized carbons (Fsp3) is 0.545. The number of nitriles is 1. The van der Waals surface area contributed by atoms with Crippen LogP contribution in [0.25, 0.3) is 0 Å². The van der Waals surface area contributed by atoms with Gasteiger partial charge in [-0.3, -0.25) is 4.79 Å². The molecule has 0 spiro atoms. The fourth-order valence-electron chi connectivity index (χ4n) is 1.24. The summed E-state index contributed by atoms with van der Waals surface area (Å²) >= 11 is 1.58. The van der Waals surface area contributed by atoms with Gasteiger partial charge in [0.25, 0.3) is 0 Å². The van der Waals surface area contributed by atoms with Gasteiger partial charge in [0.1, 0.15) is 11.2 Å². The van der Waals surface area contributed by atoms with Crippen molar-refractivity contribution in [3.63, 3.8) is 0 Å². The monoisotopic (exact) mass is 222 g/mol. The third-order valence-corrected chi connectivity index (χ3v) is 3.72. The van der Waals surface area contributed by atoms with E-state index in [9.17, 15) is 4.79 Å². The molecule has 80 valence electrons. The summed E-state index contributed by atoms with van der Waals surface area (Å²) in [6.45, 7) is 5.12. The SMILES string of the molecule is CC(=O)C(C)(C#N)CCc1scnc1C. The second-order valence-corrected chi connectivity index (χ2v) is 4.80. The van der Waals surface area contributed by atoms with Crippen molar-refractivity contribution in [3.05, 3.63) is 16.1 Å². The van der Waals surface area contributed by atoms with Gasteiger partial charge >= 0.3 is 0 Å². The maximum Gasteiger partial charge on any atom is 0.149 e. The predicted octanol–water partition coefficient (Wildman–Crippen LogP) is 2.50. The van der Waals surface area contributed by atoms with E-state index in [1.807, 2.05) is 6.92 Å². The number of aryl methyl sites for hydroxylation is 2. The number of carbonyl (C=O) groups excluding carboxylic acids is 1. The van der Waals surface area contributed by atoms with Gasteiger partial charge in [-0.2, -0.15) is 5.26 Å². The molecule has 1 aromatic heterocycles. The average molecular weight is 222 g/mol. The van der Waals surface area contributed by atoms with Gasteiger partial charge < -0.3 is 0 Å². The Balaban J connectivity index is 2.69. The number of hydrogen-bond donors (Lipinski definition) is 0. The van der Waals surface area contributed by atoms with Crippen LogP contribution in [0.5, 0.6) is 0 Å². The van der Waals surface area contributed by atoms with Crippen LogP contribution in [0.1, 0.15) is 30.8 Å². The highest BCUT2D eigenvalue weighted by atomic mass is 32.1. The van der Waals surface area contributed by atoms with Crippen LogP contribution in [0.15, 0.2) is 5.51 Å². The van der Waals surface area contributed by atoms with Crippen molar-refractivity contribution in [1.29, 1.82) is 5.26 Å². The summed E-state index contributed by atoms with van der Waals surface area (Å²) in [7, 11) is 0. The molecule has 4 heteroatoms. The Hall–Kier alpha value is -1.21. The minimum atomic E-state index is -0.851. The fourth-order valence-corrected chi connectivity index (χ4v) is 2.02. The van der Waals surface area contributed by atoms with E-state index in [-0.39, 0.29) is 5.78 Å². The highest BCUT2D eigenvalue weighted by molar-refractivity contribution is 7.09. The second-order valence-electron chi connectivity index (χ2n) is 3.86. The minimum Gasteiger partial charge on any atom is -0.298 e. The van der Waals surface area contributed by atoms with Gasteiger partial charge in [-0.05, 0) is 33.6 Å². The van der Waals surface area contributed by atoms with Crippen LogP contribution in [0, 0.1) is 23.7 Å². The normalized spacial score (nSPS) is 14.3. The summed E-state index contributed by atoms with van der Waals surface area (Å²) in [6, 6.07) is 2.09. The summed E-state index contributed by atoms with van der Waals surface area (Å²) in [5.74, 6) is -0.0628. The first kappa shape index (κ1) is 11.9. The molecule has 0 amide bonds. The molecule has 1 atom stereocenters. The zero-order valence-electron chi connectivity index (χ0n) is 9.20. The van der Waals surface area contributed by atoms with Gasteiger partial charge in [-0.25, -0.2) is 4.98 Å². The van der Waals surface area contributed by atoms with Crippen molar-refractivity contribution in [2.45, 2.75) is 33.6 Å². The molecule has 1 aromatic rings. The Bertz CT molecular complexity index is 405. The molecule has 0 saturated carbocycles. The van der Waals surface area contributed by atoms with E-state index in [0.29, 0.717) is 6.42 Å². The van der Waals surface area contributed by atoms with Crippen LogP contribution >= 0.6 is 11.3 Å². The van der Waals surface area contributed by atoms with Gasteiger partial charge in [-0.1, -0.05) is 0 Å². The number of thiazole rings is 1. The first-order valence-corrected chi connectivity index (χ1v) is 5.69. The quantitative estimate of drug-likeness (QED) is 0.786. The largest absolute Gasteiger partial charge is 0.298 e. The summed E-state index contributed by atoms with van der Waals surface area (Å²) < 4.78 is 0. The van der Waals surface area contributed by atoms with E-state index in [1.54, 1.807) is 23.8 Å². The lowest BCUT2D eigenvalue weighted by molar-refractivity contribution is -0.123. The maximum atomic E-state index is 11.3. The summed E-state index contributed by atoms with van der Waals surface area (Å²) in [4.78, 5) is 16.6. The number of rotatable bonds is 4. The average Bonchev–Trinajstić information content (AvgIpc) is 2.60. The van der Waals surface area contributed by atoms with Crippen LogP contribution in [0.4, 0.5) is 0 Å². The van der Waals surface area contributed by atoms with E-state index < -0.39 is 5.41 Å². The molecule has 0 N–H and O–H groups in total. The van der Waals surface area contributed by atoms with Crippen LogP contribution in [-0.2, 0) is 11.2 Å². The number of carbonyl (C=O) groups is 1. The highest BCUT2D eigenvalue weighted by Gasteiger charge is 2.29. The van der Waals surface area contributed by atoms with Crippen LogP contribution in [-0.4, -0.2) is 10.8 Å². The van der Waals surface area contributed by atoms with Crippen molar-refractivity contribution in [3.8, 4) is 6.07 Å². The molecule has 1 unspecified atom stereocenters. The number of nitrogens with zero attached hydrogens (tertiary/aromatic N) is 2. The standard InChI is InChI=1S/C11H14N2OS/c1-8-10(15-7-13-8)4-5-11(3,6-12)9(2)14/h7H,4-5H2,1-3H3. The van der Waals surface area contributed by atoms with Gasteiger partial charge in [-0.15, -0.1) is 11.3 Å². The van der Waals surface area contributed by atoms with Crippen LogP contribution in [0.3, 0.4) is 0 Å². The molecule has 0 radical (unpaired) electrons. The summed E-state index contributed by atoms with van der Waals surface area (Å²) in [6.07, 6.45) is 1.32. The molecule has 3 nitrogen and oxygen atoms in total. The number of aromatic nitrogens is 1. The van der Waals surface area contributed by atoms with Crippen LogP contribution < -0.4 is 0 Å². The van der Waals surface area contributed by atoms with Gasteiger partial charge in [0.15, 0.2) is 0 Å². The Kier molecular flexibility index (Phi) is 3.59. The lowest BCUT2D eigenvalue weighted by Gasteiger charge is -2.16. The minimum absolute atomic E-state index is 0.0628. The zero-order chi connectivity index (χ0) is 11.5. The Labute approximate surface area is 93.8 Å². The molecule has 1 rings (SSSR count). The molecule has 0 aromatic carbocycles. The van der Waals surface area contributed by atoms with E-state index >= 15 is 0 Å². The Morgan fingerprint density at radius 1 is 1.73 bits per heavy atom. The maximum absolute atomic E-state index is 11.3. The van der Waals surface area contributed by atoms with Crippen molar-refractivity contribution in [2.75, 3.05) is 0 Å². The lowest BCUT2D eigenvalue weighted by Crippen LogP contribution is -2.24. The third kappa shape index (κ3) is 2.63. The third-order valence-electron chi connectivity index (χ3n) is 2.72. The molecule has 1 heterocycles. The Morgan fingerprint density at radius 2 is 2.40 bits per heavy atom. The number of hydrogen-bond acceptors (Lipinski definition) is 4. The topological polar surface area (TPSA) is 53.8 Å². The number of Topliss-reactive ketones (excluding diaryl/α,β-unsaturated/α-hetero) is 1. The first-order valence-electron chi connectivity index (χ1n) is 4.81. The Morgan fingerprint density at radius 3 is 2.80 bits per heavy atom. The van der Waals surface area contributed by atoms with Crippen molar-refractivity contribution in [2.24, 2.45) is 5.41 Å². The molecule has 0 fully saturated rings. The summed E-state index contributed by atoms with van der Waals surface area (Å²) in [5, 5.41) is 8.97. The summed E-state index contributed by atoms with van der Waals surface area (Å²) in [5.41, 5.74) is 1.95. The lowest BCUT2D eigenvalue weighted by atomic mass is 9.83. The number of ketones is 1. The molecular weight excluding hydrogens is 208 g/mol. The van der Waals surface area contributed by atoms with E-state index in [4.69, 9.17) is 5.26 Å². The molecule has 0 bridgehead atoms. The molecule has 15 heavy (non-hydrogen) atoms. The van der Waals surface area contributed by atoms with E-state index in [1.165, 1.54) is 6.92 Å². The molecular formula is C11H14N2OS. The van der Waals surface area contributed by atoms with Gasteiger partial charge in [0.05, 0.1) is 17.3 Å². The molecule has 0 aliphatic heterocycles. The van der Waals surface area contributed by atoms with Crippen molar-refractivity contribution >= 4 is 17.1 Å². The molecule has 0 saturated heterocycles. The predicted molar refractivity (Wildman–Crippen MR) is 59.6 cm³/mol. The second kappa shape index (κ2) is 4.54.